The van der Waals surface area contributed by atoms with Gasteiger partial charge in [-0.15, -0.1) is 0 Å². The number of hydrazine groups is 1. The number of likely N-dealkylation sites (N-methyl/N-ethyl adjacent to an activating group) is 1. The first-order chi connectivity index (χ1) is 17.3. The van der Waals surface area contributed by atoms with E-state index in [1.165, 1.54) is 0 Å². The number of piperidine rings is 1. The van der Waals surface area contributed by atoms with E-state index in [0.717, 1.165) is 18.5 Å². The molecule has 2 N–H and O–H groups in total. The molecule has 3 aliphatic heterocycles. The van der Waals surface area contributed by atoms with Gasteiger partial charge in [-0.1, -0.05) is 11.6 Å². The second-order valence-electron chi connectivity index (χ2n) is 9.11. The quantitative estimate of drug-likeness (QED) is 0.665. The highest BCUT2D eigenvalue weighted by Gasteiger charge is 2.47. The van der Waals surface area contributed by atoms with Crippen LogP contribution in [-0.4, -0.2) is 56.0 Å². The van der Waals surface area contributed by atoms with Gasteiger partial charge >= 0.3 is 0 Å². The number of amides is 3. The predicted octanol–water partition coefficient (Wildman–Crippen LogP) is 3.08. The van der Waals surface area contributed by atoms with Gasteiger partial charge in [-0.05, 0) is 61.2 Å². The Hall–Kier alpha value is -3.56. The van der Waals surface area contributed by atoms with E-state index in [1.807, 2.05) is 24.3 Å². The molecule has 1 atom stereocenters. The van der Waals surface area contributed by atoms with Crippen LogP contribution in [0, 0.1) is 0 Å². The van der Waals surface area contributed by atoms with E-state index in [9.17, 15) is 14.4 Å². The molecule has 1 fully saturated rings. The number of halogens is 1. The molecule has 2 aromatic rings. The van der Waals surface area contributed by atoms with Crippen LogP contribution in [0.25, 0.3) is 0 Å². The molecule has 1 unspecified atom stereocenters. The summed E-state index contributed by atoms with van der Waals surface area (Å²) in [6.07, 6.45) is 2.94. The third-order valence-electron chi connectivity index (χ3n) is 7.04. The van der Waals surface area contributed by atoms with Gasteiger partial charge in [0.15, 0.2) is 0 Å². The van der Waals surface area contributed by atoms with E-state index in [4.69, 9.17) is 22.1 Å². The number of ether oxygens (including phenoxy) is 1. The Morgan fingerprint density at radius 3 is 2.31 bits per heavy atom. The van der Waals surface area contributed by atoms with E-state index in [-0.39, 0.29) is 11.8 Å². The third kappa shape index (κ3) is 3.98. The molecule has 3 aliphatic rings. The van der Waals surface area contributed by atoms with Gasteiger partial charge in [0.1, 0.15) is 17.5 Å². The van der Waals surface area contributed by atoms with Crippen LogP contribution in [0.4, 0.5) is 17.1 Å². The number of methoxy groups -OCH3 is 1. The van der Waals surface area contributed by atoms with Gasteiger partial charge < -0.3 is 20.3 Å². The Morgan fingerprint density at radius 1 is 1.00 bits per heavy atom. The van der Waals surface area contributed by atoms with E-state index >= 15 is 0 Å². The van der Waals surface area contributed by atoms with Crippen LogP contribution in [0.2, 0.25) is 5.02 Å². The van der Waals surface area contributed by atoms with Gasteiger partial charge in [0.25, 0.3) is 5.91 Å². The topological polar surface area (TPSA) is 99.4 Å². The number of rotatable bonds is 5. The zero-order chi connectivity index (χ0) is 25.6. The molecule has 3 amide bonds. The molecule has 5 rings (SSSR count). The zero-order valence-electron chi connectivity index (χ0n) is 20.2. The molecule has 0 bridgehead atoms. The Balaban J connectivity index is 1.49. The molecule has 0 spiro atoms. The van der Waals surface area contributed by atoms with Crippen LogP contribution in [0.3, 0.4) is 0 Å². The highest BCUT2D eigenvalue weighted by atomic mass is 35.5. The molecule has 9 nitrogen and oxygen atoms in total. The maximum absolute atomic E-state index is 13.9. The van der Waals surface area contributed by atoms with E-state index < -0.39 is 11.9 Å². The van der Waals surface area contributed by atoms with Crippen molar-refractivity contribution in [1.29, 1.82) is 0 Å². The highest BCUT2D eigenvalue weighted by molar-refractivity contribution is 6.33. The summed E-state index contributed by atoms with van der Waals surface area (Å²) in [5.74, 6) is -0.0825. The van der Waals surface area contributed by atoms with Crippen LogP contribution in [-0.2, 0) is 14.4 Å². The predicted molar refractivity (Wildman–Crippen MR) is 138 cm³/mol. The normalized spacial score (nSPS) is 20.8. The summed E-state index contributed by atoms with van der Waals surface area (Å²) in [7, 11) is 3.27. The van der Waals surface area contributed by atoms with Crippen molar-refractivity contribution in [2.24, 2.45) is 5.73 Å². The van der Waals surface area contributed by atoms with Gasteiger partial charge in [0.2, 0.25) is 11.8 Å². The van der Waals surface area contributed by atoms with Crippen molar-refractivity contribution >= 4 is 46.4 Å². The molecule has 10 heteroatoms. The SMILES string of the molecule is COc1ccc(N2C3=C(CCN(c4ccc(N5CCCCC5=O)cc4)C3=O)C(C(N)=O)N2C)c(Cl)c1. The number of primary amides is 1. The molecule has 2 aromatic carbocycles. The van der Waals surface area contributed by atoms with Crippen molar-refractivity contribution < 1.29 is 19.1 Å². The van der Waals surface area contributed by atoms with Crippen LogP contribution >= 0.6 is 11.6 Å². The van der Waals surface area contributed by atoms with Gasteiger partial charge in [-0.3, -0.25) is 19.4 Å². The Morgan fingerprint density at radius 2 is 1.69 bits per heavy atom. The fourth-order valence-corrected chi connectivity index (χ4v) is 5.53. The second-order valence-corrected chi connectivity index (χ2v) is 9.51. The number of nitrogens with two attached hydrogens (primary N) is 1. The summed E-state index contributed by atoms with van der Waals surface area (Å²) in [5.41, 5.74) is 8.89. The first kappa shape index (κ1) is 24.1. The van der Waals surface area contributed by atoms with Gasteiger partial charge in [-0.25, -0.2) is 5.01 Å². The monoisotopic (exact) mass is 509 g/mol. The first-order valence-electron chi connectivity index (χ1n) is 11.9. The van der Waals surface area contributed by atoms with E-state index in [2.05, 4.69) is 0 Å². The van der Waals surface area contributed by atoms with Crippen molar-refractivity contribution in [3.63, 3.8) is 0 Å². The van der Waals surface area contributed by atoms with Gasteiger partial charge in [0, 0.05) is 44.0 Å². The number of carbonyl (C=O) groups excluding carboxylic acids is 3. The molecular weight excluding hydrogens is 482 g/mol. The lowest BCUT2D eigenvalue weighted by molar-refractivity contribution is -0.121. The fraction of sp³-hybridized carbons (Fsp3) is 0.346. The fourth-order valence-electron chi connectivity index (χ4n) is 5.28. The average Bonchev–Trinajstić information content (AvgIpc) is 3.17. The second kappa shape index (κ2) is 9.48. The molecular formula is C26H28ClN5O4. The largest absolute Gasteiger partial charge is 0.497 e. The molecule has 0 saturated carbocycles. The number of anilines is 3. The van der Waals surface area contributed by atoms with E-state index in [0.29, 0.717) is 59.3 Å². The van der Waals surface area contributed by atoms with Gasteiger partial charge in [-0.2, -0.15) is 0 Å². The third-order valence-corrected chi connectivity index (χ3v) is 7.34. The lowest BCUT2D eigenvalue weighted by atomic mass is 9.97. The van der Waals surface area contributed by atoms with E-state index in [1.54, 1.807) is 52.2 Å². The maximum Gasteiger partial charge on any atom is 0.276 e. The molecule has 0 aromatic heterocycles. The lowest BCUT2D eigenvalue weighted by Crippen LogP contribution is -2.47. The first-order valence-corrected chi connectivity index (χ1v) is 12.3. The van der Waals surface area contributed by atoms with Gasteiger partial charge in [0.05, 0.1) is 17.8 Å². The minimum atomic E-state index is -0.753. The summed E-state index contributed by atoms with van der Waals surface area (Å²) in [5, 5.41) is 3.70. The standard InChI is InChI=1S/C26H28ClN5O4/c1-29-23(25(28)34)19-12-14-31(17-8-6-16(7-9-17)30-13-4-3-5-22(30)33)26(35)24(19)32(29)21-11-10-18(36-2)15-20(21)27/h6-11,15,23H,3-5,12-14H2,1-2H3,(H2,28,34). The molecule has 36 heavy (non-hydrogen) atoms. The Kier molecular flexibility index (Phi) is 6.36. The highest BCUT2D eigenvalue weighted by Crippen LogP contribution is 2.42. The Labute approximate surface area is 214 Å². The lowest BCUT2D eigenvalue weighted by Gasteiger charge is -2.34. The Bertz CT molecular complexity index is 1260. The number of nitrogens with zero attached hydrogens (tertiary/aromatic N) is 4. The molecule has 3 heterocycles. The maximum atomic E-state index is 13.9. The van der Waals surface area contributed by atoms with Crippen molar-refractivity contribution in [3.8, 4) is 5.75 Å². The van der Waals surface area contributed by atoms with Crippen molar-refractivity contribution in [1.82, 2.24) is 5.01 Å². The van der Waals surface area contributed by atoms with Crippen molar-refractivity contribution in [2.45, 2.75) is 31.7 Å². The molecule has 0 aliphatic carbocycles. The zero-order valence-corrected chi connectivity index (χ0v) is 21.0. The minimum absolute atomic E-state index is 0.122. The average molecular weight is 510 g/mol. The summed E-state index contributed by atoms with van der Waals surface area (Å²) in [4.78, 5) is 42.1. The smallest absolute Gasteiger partial charge is 0.276 e. The number of hydrogen-bond donors (Lipinski definition) is 1. The van der Waals surface area contributed by atoms with Crippen LogP contribution in [0.15, 0.2) is 53.7 Å². The minimum Gasteiger partial charge on any atom is -0.497 e. The molecule has 188 valence electrons. The van der Waals surface area contributed by atoms with Crippen LogP contribution < -0.4 is 25.3 Å². The summed E-state index contributed by atoms with van der Waals surface area (Å²) in [6, 6.07) is 11.9. The summed E-state index contributed by atoms with van der Waals surface area (Å²) >= 11 is 6.57. The summed E-state index contributed by atoms with van der Waals surface area (Å²) < 4.78 is 5.26. The van der Waals surface area contributed by atoms with Crippen molar-refractivity contribution in [2.75, 3.05) is 42.1 Å². The number of carbonyl (C=O) groups is 3. The number of hydrogen-bond acceptors (Lipinski definition) is 6. The molecule has 0 radical (unpaired) electrons. The summed E-state index contributed by atoms with van der Waals surface area (Å²) in [6.45, 7) is 1.11. The van der Waals surface area contributed by atoms with Crippen molar-refractivity contribution in [3.05, 3.63) is 58.8 Å². The van der Waals surface area contributed by atoms with Crippen LogP contribution in [0.5, 0.6) is 5.75 Å². The molecule has 1 saturated heterocycles. The number of benzene rings is 2. The van der Waals surface area contributed by atoms with Crippen LogP contribution in [0.1, 0.15) is 25.7 Å².